The van der Waals surface area contributed by atoms with Crippen LogP contribution >= 0.6 is 11.3 Å². The monoisotopic (exact) mass is 259 g/mol. The van der Waals surface area contributed by atoms with Gasteiger partial charge in [-0.3, -0.25) is 14.9 Å². The molecule has 18 heavy (non-hydrogen) atoms. The highest BCUT2D eigenvalue weighted by Gasteiger charge is 2.25. The molecular formula is C14H17N3S. The molecule has 1 aliphatic rings. The van der Waals surface area contributed by atoms with Crippen molar-refractivity contribution in [2.45, 2.75) is 25.3 Å². The van der Waals surface area contributed by atoms with Crippen molar-refractivity contribution in [2.24, 2.45) is 0 Å². The summed E-state index contributed by atoms with van der Waals surface area (Å²) < 4.78 is 0. The summed E-state index contributed by atoms with van der Waals surface area (Å²) in [4.78, 5) is 12.3. The van der Waals surface area contributed by atoms with Gasteiger partial charge >= 0.3 is 0 Å². The second kappa shape index (κ2) is 5.59. The van der Waals surface area contributed by atoms with Crippen LogP contribution in [0.1, 0.15) is 29.3 Å². The largest absolute Gasteiger partial charge is 0.296 e. The maximum atomic E-state index is 4.24. The third-order valence-electron chi connectivity index (χ3n) is 3.56. The van der Waals surface area contributed by atoms with E-state index in [4.69, 9.17) is 0 Å². The molecule has 0 N–H and O–H groups in total. The number of hydrogen-bond acceptors (Lipinski definition) is 4. The van der Waals surface area contributed by atoms with E-state index >= 15 is 0 Å². The molecular weight excluding hydrogens is 242 g/mol. The molecule has 94 valence electrons. The average Bonchev–Trinajstić information content (AvgIpc) is 3.09. The molecule has 0 radical (unpaired) electrons. The zero-order valence-corrected chi connectivity index (χ0v) is 11.1. The first-order valence-electron chi connectivity index (χ1n) is 6.45. The minimum atomic E-state index is 0.562. The standard InChI is InChI=1S/C14H17N3S/c1-3-12(9-15-6-1)14-4-2-7-17(14)8-5-13-10-16-11-18-13/h1,3,6,9-11,14H,2,4-5,7-8H2. The fraction of sp³-hybridized carbons (Fsp3) is 0.429. The minimum absolute atomic E-state index is 0.562. The summed E-state index contributed by atoms with van der Waals surface area (Å²) in [6, 6.07) is 4.80. The number of hydrogen-bond donors (Lipinski definition) is 0. The van der Waals surface area contributed by atoms with Crippen molar-refractivity contribution in [1.82, 2.24) is 14.9 Å². The number of nitrogens with zero attached hydrogens (tertiary/aromatic N) is 3. The number of pyridine rings is 1. The first-order valence-corrected chi connectivity index (χ1v) is 7.33. The highest BCUT2D eigenvalue weighted by molar-refractivity contribution is 7.09. The van der Waals surface area contributed by atoms with Gasteiger partial charge in [-0.25, -0.2) is 0 Å². The summed E-state index contributed by atoms with van der Waals surface area (Å²) in [5, 5.41) is 0. The molecule has 2 aromatic heterocycles. The molecule has 3 rings (SSSR count). The van der Waals surface area contributed by atoms with Crippen LogP contribution in [0.4, 0.5) is 0 Å². The Hall–Kier alpha value is -1.26. The molecule has 4 heteroatoms. The highest BCUT2D eigenvalue weighted by Crippen LogP contribution is 2.31. The van der Waals surface area contributed by atoms with Crippen LogP contribution in [0.2, 0.25) is 0 Å². The fourth-order valence-electron chi connectivity index (χ4n) is 2.66. The van der Waals surface area contributed by atoms with Crippen LogP contribution < -0.4 is 0 Å². The van der Waals surface area contributed by atoms with E-state index in [0.29, 0.717) is 6.04 Å². The normalized spacial score (nSPS) is 20.3. The van der Waals surface area contributed by atoms with Crippen molar-refractivity contribution >= 4 is 11.3 Å². The van der Waals surface area contributed by atoms with E-state index in [-0.39, 0.29) is 0 Å². The van der Waals surface area contributed by atoms with E-state index in [1.54, 1.807) is 11.3 Å². The van der Waals surface area contributed by atoms with Gasteiger partial charge < -0.3 is 0 Å². The van der Waals surface area contributed by atoms with Crippen molar-refractivity contribution in [2.75, 3.05) is 13.1 Å². The molecule has 1 aliphatic heterocycles. The van der Waals surface area contributed by atoms with Gasteiger partial charge in [0.2, 0.25) is 0 Å². The molecule has 2 aromatic rings. The summed E-state index contributed by atoms with van der Waals surface area (Å²) in [6.45, 7) is 2.33. The zero-order valence-electron chi connectivity index (χ0n) is 10.3. The molecule has 3 heterocycles. The minimum Gasteiger partial charge on any atom is -0.296 e. The van der Waals surface area contributed by atoms with Gasteiger partial charge in [0, 0.05) is 36.1 Å². The number of rotatable bonds is 4. The van der Waals surface area contributed by atoms with Gasteiger partial charge in [-0.2, -0.15) is 0 Å². The van der Waals surface area contributed by atoms with Crippen molar-refractivity contribution in [3.05, 3.63) is 46.7 Å². The van der Waals surface area contributed by atoms with Gasteiger partial charge in [0.1, 0.15) is 0 Å². The predicted molar refractivity (Wildman–Crippen MR) is 73.6 cm³/mol. The maximum Gasteiger partial charge on any atom is 0.0794 e. The molecule has 1 atom stereocenters. The third-order valence-corrected chi connectivity index (χ3v) is 4.40. The Morgan fingerprint density at radius 1 is 1.33 bits per heavy atom. The van der Waals surface area contributed by atoms with E-state index in [1.165, 1.54) is 29.8 Å². The Kier molecular flexibility index (Phi) is 3.67. The first-order chi connectivity index (χ1) is 8.93. The second-order valence-electron chi connectivity index (χ2n) is 4.70. The molecule has 0 spiro atoms. The lowest BCUT2D eigenvalue weighted by Crippen LogP contribution is -2.25. The van der Waals surface area contributed by atoms with Crippen molar-refractivity contribution in [3.8, 4) is 0 Å². The van der Waals surface area contributed by atoms with Gasteiger partial charge in [-0.1, -0.05) is 6.07 Å². The lowest BCUT2D eigenvalue weighted by molar-refractivity contribution is 0.260. The quantitative estimate of drug-likeness (QED) is 0.845. The second-order valence-corrected chi connectivity index (χ2v) is 5.67. The lowest BCUT2D eigenvalue weighted by Gasteiger charge is -2.24. The number of likely N-dealkylation sites (tertiary alicyclic amines) is 1. The molecule has 1 fully saturated rings. The highest BCUT2D eigenvalue weighted by atomic mass is 32.1. The Bertz CT molecular complexity index is 469. The van der Waals surface area contributed by atoms with Gasteiger partial charge in [0.05, 0.1) is 5.51 Å². The Morgan fingerprint density at radius 2 is 2.33 bits per heavy atom. The Balaban J connectivity index is 1.65. The van der Waals surface area contributed by atoms with Crippen LogP contribution in [0, 0.1) is 0 Å². The molecule has 0 amide bonds. The Labute approximate surface area is 112 Å². The first kappa shape index (κ1) is 11.8. The van der Waals surface area contributed by atoms with Crippen LogP contribution in [-0.2, 0) is 6.42 Å². The van der Waals surface area contributed by atoms with Crippen molar-refractivity contribution in [3.63, 3.8) is 0 Å². The summed E-state index contributed by atoms with van der Waals surface area (Å²) in [5.41, 5.74) is 3.28. The van der Waals surface area contributed by atoms with Crippen LogP contribution in [-0.4, -0.2) is 28.0 Å². The summed E-state index contributed by atoms with van der Waals surface area (Å²) in [6.07, 6.45) is 9.51. The van der Waals surface area contributed by atoms with E-state index in [9.17, 15) is 0 Å². The predicted octanol–water partition coefficient (Wildman–Crippen LogP) is 2.92. The molecule has 1 unspecified atom stereocenters. The molecule has 3 nitrogen and oxygen atoms in total. The Morgan fingerprint density at radius 3 is 3.11 bits per heavy atom. The number of thiazole rings is 1. The fourth-order valence-corrected chi connectivity index (χ4v) is 3.25. The SMILES string of the molecule is c1cncc(C2CCCN2CCc2cncs2)c1. The molecule has 0 aromatic carbocycles. The smallest absolute Gasteiger partial charge is 0.0794 e. The van der Waals surface area contributed by atoms with Crippen LogP contribution in [0.15, 0.2) is 36.2 Å². The average molecular weight is 259 g/mol. The van der Waals surface area contributed by atoms with Crippen molar-refractivity contribution < 1.29 is 0 Å². The van der Waals surface area contributed by atoms with Gasteiger partial charge in [-0.05, 0) is 37.4 Å². The topological polar surface area (TPSA) is 29.0 Å². The van der Waals surface area contributed by atoms with Gasteiger partial charge in [0.15, 0.2) is 0 Å². The zero-order chi connectivity index (χ0) is 12.2. The van der Waals surface area contributed by atoms with E-state index in [2.05, 4.69) is 20.9 Å². The van der Waals surface area contributed by atoms with Gasteiger partial charge in [-0.15, -0.1) is 11.3 Å². The van der Waals surface area contributed by atoms with E-state index in [1.807, 2.05) is 30.2 Å². The summed E-state index contributed by atoms with van der Waals surface area (Å²) in [7, 11) is 0. The van der Waals surface area contributed by atoms with Gasteiger partial charge in [0.25, 0.3) is 0 Å². The van der Waals surface area contributed by atoms with Crippen LogP contribution in [0.3, 0.4) is 0 Å². The molecule has 0 bridgehead atoms. The van der Waals surface area contributed by atoms with E-state index in [0.717, 1.165) is 13.0 Å². The molecule has 1 saturated heterocycles. The summed E-state index contributed by atoms with van der Waals surface area (Å²) in [5.74, 6) is 0. The number of aromatic nitrogens is 2. The summed E-state index contributed by atoms with van der Waals surface area (Å²) >= 11 is 1.75. The lowest BCUT2D eigenvalue weighted by atomic mass is 10.1. The van der Waals surface area contributed by atoms with Crippen molar-refractivity contribution in [1.29, 1.82) is 0 Å². The van der Waals surface area contributed by atoms with Crippen LogP contribution in [0.5, 0.6) is 0 Å². The van der Waals surface area contributed by atoms with Crippen LogP contribution in [0.25, 0.3) is 0 Å². The molecule has 0 aliphatic carbocycles. The third kappa shape index (κ3) is 2.60. The maximum absolute atomic E-state index is 4.24. The molecule has 0 saturated carbocycles. The van der Waals surface area contributed by atoms with E-state index < -0.39 is 0 Å².